The predicted molar refractivity (Wildman–Crippen MR) is 126 cm³/mol. The fraction of sp³-hybridized carbons (Fsp3) is 0. The van der Waals surface area contributed by atoms with E-state index in [9.17, 15) is 18.5 Å². The van der Waals surface area contributed by atoms with E-state index in [1.807, 2.05) is 24.3 Å². The van der Waals surface area contributed by atoms with Gasteiger partial charge in [0, 0.05) is 41.3 Å². The Hall–Kier alpha value is -4.64. The predicted octanol–water partition coefficient (Wildman–Crippen LogP) is 4.17. The van der Waals surface area contributed by atoms with Crippen molar-refractivity contribution in [2.24, 2.45) is 0 Å². The minimum atomic E-state index is -3.90. The average molecular weight is 472 g/mol. The van der Waals surface area contributed by atoms with E-state index >= 15 is 0 Å². The van der Waals surface area contributed by atoms with Gasteiger partial charge in [-0.05, 0) is 48.5 Å². The molecule has 2 aromatic carbocycles. The van der Waals surface area contributed by atoms with Crippen LogP contribution in [0.1, 0.15) is 0 Å². The zero-order chi connectivity index (χ0) is 23.7. The number of nitro benzene ring substituents is 1. The lowest BCUT2D eigenvalue weighted by Crippen LogP contribution is -2.12. The smallest absolute Gasteiger partial charge is 0.269 e. The molecule has 0 atom stereocenters. The Morgan fingerprint density at radius 1 is 0.853 bits per heavy atom. The van der Waals surface area contributed by atoms with Gasteiger partial charge in [0.25, 0.3) is 15.7 Å². The van der Waals surface area contributed by atoms with Crippen molar-refractivity contribution in [1.82, 2.24) is 19.6 Å². The molecular formula is C23H16N6O4S. The monoisotopic (exact) mass is 472 g/mol. The second-order valence-corrected chi connectivity index (χ2v) is 8.98. The van der Waals surface area contributed by atoms with Crippen LogP contribution in [-0.2, 0) is 10.0 Å². The van der Waals surface area contributed by atoms with Crippen LogP contribution in [-0.4, -0.2) is 32.9 Å². The van der Waals surface area contributed by atoms with Crippen LogP contribution in [0.15, 0.2) is 96.3 Å². The SMILES string of the molecule is O=[N+]([O-])c1ccc(S(=O)(=O)Nc2ccc(-c3ccc4ncc(-c5ccncc5)n4n3)cc2)cc1. The summed E-state index contributed by atoms with van der Waals surface area (Å²) in [5, 5.41) is 15.5. The lowest BCUT2D eigenvalue weighted by Gasteiger charge is -2.09. The molecule has 168 valence electrons. The highest BCUT2D eigenvalue weighted by atomic mass is 32.2. The zero-order valence-corrected chi connectivity index (χ0v) is 18.3. The van der Waals surface area contributed by atoms with Crippen LogP contribution in [0, 0.1) is 10.1 Å². The molecule has 11 heteroatoms. The van der Waals surface area contributed by atoms with Crippen LogP contribution in [0.3, 0.4) is 0 Å². The summed E-state index contributed by atoms with van der Waals surface area (Å²) in [6.07, 6.45) is 5.15. The van der Waals surface area contributed by atoms with E-state index in [4.69, 9.17) is 5.10 Å². The second kappa shape index (κ2) is 8.37. The molecule has 5 rings (SSSR count). The van der Waals surface area contributed by atoms with Crippen LogP contribution in [0.5, 0.6) is 0 Å². The van der Waals surface area contributed by atoms with E-state index in [1.54, 1.807) is 47.4 Å². The van der Waals surface area contributed by atoms with Crippen molar-refractivity contribution in [2.75, 3.05) is 4.72 Å². The van der Waals surface area contributed by atoms with E-state index < -0.39 is 14.9 Å². The van der Waals surface area contributed by atoms with Gasteiger partial charge < -0.3 is 0 Å². The number of hydrogen-bond donors (Lipinski definition) is 1. The highest BCUT2D eigenvalue weighted by Crippen LogP contribution is 2.25. The van der Waals surface area contributed by atoms with E-state index in [0.717, 1.165) is 29.0 Å². The number of sulfonamides is 1. The second-order valence-electron chi connectivity index (χ2n) is 7.30. The van der Waals surface area contributed by atoms with Crippen molar-refractivity contribution in [2.45, 2.75) is 4.90 Å². The summed E-state index contributed by atoms with van der Waals surface area (Å²) in [7, 11) is -3.90. The van der Waals surface area contributed by atoms with E-state index in [-0.39, 0.29) is 10.6 Å². The number of anilines is 1. The molecule has 0 unspecified atom stereocenters. The van der Waals surface area contributed by atoms with Crippen LogP contribution >= 0.6 is 0 Å². The summed E-state index contributed by atoms with van der Waals surface area (Å²) < 4.78 is 29.5. The maximum absolute atomic E-state index is 12.6. The molecular weight excluding hydrogens is 456 g/mol. The number of benzene rings is 2. The quantitative estimate of drug-likeness (QED) is 0.290. The van der Waals surface area contributed by atoms with Gasteiger partial charge in [0.15, 0.2) is 5.65 Å². The molecule has 0 aliphatic heterocycles. The number of nitrogens with one attached hydrogen (secondary N) is 1. The molecule has 0 fully saturated rings. The molecule has 5 aromatic rings. The third kappa shape index (κ3) is 4.07. The Morgan fingerprint density at radius 3 is 2.24 bits per heavy atom. The summed E-state index contributed by atoms with van der Waals surface area (Å²) >= 11 is 0. The van der Waals surface area contributed by atoms with Crippen molar-refractivity contribution in [1.29, 1.82) is 0 Å². The molecule has 34 heavy (non-hydrogen) atoms. The van der Waals surface area contributed by atoms with Crippen LogP contribution < -0.4 is 4.72 Å². The van der Waals surface area contributed by atoms with Gasteiger partial charge in [-0.2, -0.15) is 5.10 Å². The normalized spacial score (nSPS) is 11.4. The van der Waals surface area contributed by atoms with Crippen molar-refractivity contribution in [3.8, 4) is 22.5 Å². The van der Waals surface area contributed by atoms with Gasteiger partial charge in [0.05, 0.1) is 27.4 Å². The van der Waals surface area contributed by atoms with Gasteiger partial charge in [0.1, 0.15) is 0 Å². The summed E-state index contributed by atoms with van der Waals surface area (Å²) in [5.41, 5.74) is 4.10. The van der Waals surface area contributed by atoms with Gasteiger partial charge in [-0.3, -0.25) is 19.8 Å². The summed E-state index contributed by atoms with van der Waals surface area (Å²) in [6, 6.07) is 18.9. The molecule has 3 aromatic heterocycles. The van der Waals surface area contributed by atoms with Crippen molar-refractivity contribution in [3.63, 3.8) is 0 Å². The highest BCUT2D eigenvalue weighted by Gasteiger charge is 2.16. The van der Waals surface area contributed by atoms with Crippen molar-refractivity contribution >= 4 is 27.0 Å². The summed E-state index contributed by atoms with van der Waals surface area (Å²) in [6.45, 7) is 0. The molecule has 0 aliphatic rings. The summed E-state index contributed by atoms with van der Waals surface area (Å²) in [4.78, 5) is 18.6. The van der Waals surface area contributed by atoms with E-state index in [1.165, 1.54) is 12.1 Å². The lowest BCUT2D eigenvalue weighted by molar-refractivity contribution is -0.384. The van der Waals surface area contributed by atoms with E-state index in [2.05, 4.69) is 14.7 Å². The molecule has 1 N–H and O–H groups in total. The largest absolute Gasteiger partial charge is 0.280 e. The van der Waals surface area contributed by atoms with Crippen LogP contribution in [0.4, 0.5) is 11.4 Å². The van der Waals surface area contributed by atoms with Crippen molar-refractivity contribution in [3.05, 3.63) is 102 Å². The topological polar surface area (TPSA) is 132 Å². The van der Waals surface area contributed by atoms with Crippen LogP contribution in [0.25, 0.3) is 28.2 Å². The van der Waals surface area contributed by atoms with Gasteiger partial charge in [-0.15, -0.1) is 0 Å². The number of aromatic nitrogens is 4. The number of fused-ring (bicyclic) bond motifs is 1. The Labute approximate surface area is 193 Å². The molecule has 0 aliphatic carbocycles. The fourth-order valence-electron chi connectivity index (χ4n) is 3.42. The van der Waals surface area contributed by atoms with Gasteiger partial charge >= 0.3 is 0 Å². The number of rotatable bonds is 6. The molecule has 0 saturated carbocycles. The number of non-ortho nitro benzene ring substituents is 1. The standard InChI is InChI=1S/C23H16N6O4S/c30-29(31)19-5-7-20(8-6-19)34(32,33)27-18-3-1-16(2-4-18)21-9-10-23-25-15-22(28(23)26-21)17-11-13-24-14-12-17/h1-15,27H. The van der Waals surface area contributed by atoms with E-state index in [0.29, 0.717) is 17.0 Å². The minimum absolute atomic E-state index is 0.0713. The maximum atomic E-state index is 12.6. The first-order chi connectivity index (χ1) is 16.4. The number of pyridine rings is 1. The number of nitro groups is 1. The Kier molecular flexibility index (Phi) is 5.22. The molecule has 0 saturated heterocycles. The fourth-order valence-corrected chi connectivity index (χ4v) is 4.48. The first kappa shape index (κ1) is 21.2. The molecule has 0 amide bonds. The number of imidazole rings is 1. The first-order valence-corrected chi connectivity index (χ1v) is 11.5. The molecule has 0 bridgehead atoms. The van der Waals surface area contributed by atoms with Gasteiger partial charge in [0.2, 0.25) is 0 Å². The molecule has 10 nitrogen and oxygen atoms in total. The zero-order valence-electron chi connectivity index (χ0n) is 17.4. The number of hydrogen-bond acceptors (Lipinski definition) is 7. The summed E-state index contributed by atoms with van der Waals surface area (Å²) in [5.74, 6) is 0. The Balaban J connectivity index is 1.40. The van der Waals surface area contributed by atoms with Gasteiger partial charge in [-0.1, -0.05) is 12.1 Å². The lowest BCUT2D eigenvalue weighted by atomic mass is 10.1. The minimum Gasteiger partial charge on any atom is -0.280 e. The van der Waals surface area contributed by atoms with Gasteiger partial charge in [-0.25, -0.2) is 17.9 Å². The van der Waals surface area contributed by atoms with Crippen LogP contribution in [0.2, 0.25) is 0 Å². The number of nitrogens with zero attached hydrogens (tertiary/aromatic N) is 5. The highest BCUT2D eigenvalue weighted by molar-refractivity contribution is 7.92. The molecule has 3 heterocycles. The molecule has 0 radical (unpaired) electrons. The average Bonchev–Trinajstić information content (AvgIpc) is 3.28. The third-order valence-corrected chi connectivity index (χ3v) is 6.53. The third-order valence-electron chi connectivity index (χ3n) is 5.13. The first-order valence-electron chi connectivity index (χ1n) is 10.0. The van der Waals surface area contributed by atoms with Crippen molar-refractivity contribution < 1.29 is 13.3 Å². The Bertz CT molecular complexity index is 1600. The Morgan fingerprint density at radius 2 is 1.56 bits per heavy atom. The maximum Gasteiger partial charge on any atom is 0.269 e. The molecule has 0 spiro atoms.